The third-order valence-electron chi connectivity index (χ3n) is 3.13. The third-order valence-corrected chi connectivity index (χ3v) is 5.66. The first kappa shape index (κ1) is 24.3. The number of carbonyl (C=O) groups excluding carboxylic acids is 2. The van der Waals surface area contributed by atoms with Crippen LogP contribution in [0.25, 0.3) is 0 Å². The standard InChI is InChI=1S/C18H33NO4S2/c1-14(2)10-12-24-25-17(22)8-7-15(3)19(13-20)11-9-16(21)23-18(4,5)6/h7,13-14,17,22H,8-12H2,1-6H3. The van der Waals surface area contributed by atoms with E-state index < -0.39 is 11.0 Å². The van der Waals surface area contributed by atoms with Gasteiger partial charge in [-0.2, -0.15) is 0 Å². The number of allylic oxidation sites excluding steroid dienone is 1. The van der Waals surface area contributed by atoms with Gasteiger partial charge in [-0.25, -0.2) is 0 Å². The summed E-state index contributed by atoms with van der Waals surface area (Å²) in [5.41, 5.74) is -0.306. The Labute approximate surface area is 160 Å². The molecule has 5 nitrogen and oxygen atoms in total. The number of aliphatic hydroxyl groups is 1. The second kappa shape index (κ2) is 12.7. The number of esters is 1. The lowest BCUT2D eigenvalue weighted by Crippen LogP contribution is -2.28. The van der Waals surface area contributed by atoms with Gasteiger partial charge in [0.1, 0.15) is 11.0 Å². The fraction of sp³-hybridized carbons (Fsp3) is 0.778. The Morgan fingerprint density at radius 3 is 2.48 bits per heavy atom. The minimum atomic E-state index is -0.525. The molecule has 7 heteroatoms. The molecule has 146 valence electrons. The molecule has 0 aliphatic heterocycles. The first-order chi connectivity index (χ1) is 11.5. The zero-order valence-corrected chi connectivity index (χ0v) is 17.9. The van der Waals surface area contributed by atoms with Crippen LogP contribution in [-0.2, 0) is 14.3 Å². The number of rotatable bonds is 12. The van der Waals surface area contributed by atoms with Crippen LogP contribution >= 0.6 is 21.6 Å². The van der Waals surface area contributed by atoms with Crippen LogP contribution in [0.2, 0.25) is 0 Å². The highest BCUT2D eigenvalue weighted by Crippen LogP contribution is 2.29. The Morgan fingerprint density at radius 1 is 1.32 bits per heavy atom. The summed E-state index contributed by atoms with van der Waals surface area (Å²) in [5, 5.41) is 9.98. The fourth-order valence-electron chi connectivity index (χ4n) is 1.75. The van der Waals surface area contributed by atoms with Gasteiger partial charge >= 0.3 is 5.97 Å². The summed E-state index contributed by atoms with van der Waals surface area (Å²) in [6.45, 7) is 11.9. The van der Waals surface area contributed by atoms with Gasteiger partial charge in [0.25, 0.3) is 0 Å². The molecule has 0 rings (SSSR count). The molecule has 0 bridgehead atoms. The van der Waals surface area contributed by atoms with Crippen molar-refractivity contribution in [3.63, 3.8) is 0 Å². The summed E-state index contributed by atoms with van der Waals surface area (Å²) in [5.74, 6) is 1.35. The fourth-order valence-corrected chi connectivity index (χ4v) is 4.03. The molecule has 0 heterocycles. The number of ether oxygens (including phenoxy) is 1. The number of aliphatic hydroxyl groups excluding tert-OH is 1. The van der Waals surface area contributed by atoms with Crippen LogP contribution in [0.15, 0.2) is 11.8 Å². The lowest BCUT2D eigenvalue weighted by molar-refractivity contribution is -0.155. The van der Waals surface area contributed by atoms with Gasteiger partial charge < -0.3 is 14.7 Å². The summed E-state index contributed by atoms with van der Waals surface area (Å²) in [6, 6.07) is 0. The highest BCUT2D eigenvalue weighted by molar-refractivity contribution is 8.76. The van der Waals surface area contributed by atoms with E-state index in [2.05, 4.69) is 13.8 Å². The van der Waals surface area contributed by atoms with Gasteiger partial charge in [-0.1, -0.05) is 41.5 Å². The van der Waals surface area contributed by atoms with Crippen molar-refractivity contribution in [3.05, 3.63) is 11.8 Å². The van der Waals surface area contributed by atoms with Gasteiger partial charge in [-0.15, -0.1) is 0 Å². The van der Waals surface area contributed by atoms with Crippen molar-refractivity contribution in [1.29, 1.82) is 0 Å². The zero-order valence-electron chi connectivity index (χ0n) is 16.3. The number of hydrogen-bond acceptors (Lipinski definition) is 6. The molecule has 0 saturated heterocycles. The predicted octanol–water partition coefficient (Wildman–Crippen LogP) is 4.22. The SMILES string of the molecule is CC(=CCC(O)SSCCC(C)C)N(C=O)CCC(=O)OC(C)(C)C. The third kappa shape index (κ3) is 14.2. The molecule has 25 heavy (non-hydrogen) atoms. The molecule has 0 aliphatic carbocycles. The zero-order chi connectivity index (χ0) is 19.5. The normalized spacial score (nSPS) is 13.7. The summed E-state index contributed by atoms with van der Waals surface area (Å²) in [6.07, 6.45) is 4.26. The van der Waals surface area contributed by atoms with Gasteiger partial charge in [0.2, 0.25) is 6.41 Å². The molecular formula is C18H33NO4S2. The number of carbonyl (C=O) groups is 2. The van der Waals surface area contributed by atoms with E-state index in [9.17, 15) is 14.7 Å². The number of nitrogens with zero attached hydrogens (tertiary/aromatic N) is 1. The largest absolute Gasteiger partial charge is 0.460 e. The Bertz CT molecular complexity index is 433. The van der Waals surface area contributed by atoms with Crippen LogP contribution in [0, 0.1) is 5.92 Å². The lowest BCUT2D eigenvalue weighted by atomic mass is 10.2. The van der Waals surface area contributed by atoms with Gasteiger partial charge in [0, 0.05) is 24.4 Å². The monoisotopic (exact) mass is 391 g/mol. The molecule has 0 aromatic rings. The van der Waals surface area contributed by atoms with Crippen molar-refractivity contribution in [1.82, 2.24) is 4.90 Å². The first-order valence-corrected chi connectivity index (χ1v) is 11.0. The van der Waals surface area contributed by atoms with Crippen molar-refractivity contribution in [2.45, 2.75) is 71.8 Å². The topological polar surface area (TPSA) is 66.8 Å². The molecular weight excluding hydrogens is 358 g/mol. The predicted molar refractivity (Wildman–Crippen MR) is 107 cm³/mol. The van der Waals surface area contributed by atoms with Crippen LogP contribution in [0.5, 0.6) is 0 Å². The van der Waals surface area contributed by atoms with E-state index in [1.165, 1.54) is 15.7 Å². The van der Waals surface area contributed by atoms with Crippen LogP contribution < -0.4 is 0 Å². The van der Waals surface area contributed by atoms with E-state index in [0.717, 1.165) is 17.9 Å². The van der Waals surface area contributed by atoms with Gasteiger partial charge in [0.05, 0.1) is 6.42 Å². The van der Waals surface area contributed by atoms with E-state index in [1.807, 2.05) is 26.8 Å². The summed E-state index contributed by atoms with van der Waals surface area (Å²) >= 11 is 0. The second-order valence-electron chi connectivity index (χ2n) is 7.27. The van der Waals surface area contributed by atoms with Crippen LogP contribution in [0.3, 0.4) is 0 Å². The van der Waals surface area contributed by atoms with E-state index in [4.69, 9.17) is 4.74 Å². The second-order valence-corrected chi connectivity index (χ2v) is 9.94. The molecule has 1 amide bonds. The Morgan fingerprint density at radius 2 is 1.96 bits per heavy atom. The molecule has 0 fully saturated rings. The van der Waals surface area contributed by atoms with Gasteiger partial charge in [-0.3, -0.25) is 9.59 Å². The highest BCUT2D eigenvalue weighted by Gasteiger charge is 2.17. The molecule has 1 unspecified atom stereocenters. The highest BCUT2D eigenvalue weighted by atomic mass is 33.1. The molecule has 0 aromatic carbocycles. The van der Waals surface area contributed by atoms with Crippen molar-refractivity contribution >= 4 is 34.0 Å². The van der Waals surface area contributed by atoms with E-state index in [-0.39, 0.29) is 18.9 Å². The van der Waals surface area contributed by atoms with Gasteiger partial charge in [0.15, 0.2) is 0 Å². The number of amides is 1. The summed E-state index contributed by atoms with van der Waals surface area (Å²) < 4.78 is 5.24. The van der Waals surface area contributed by atoms with Crippen LogP contribution in [0.4, 0.5) is 0 Å². The minimum absolute atomic E-state index is 0.142. The quantitative estimate of drug-likeness (QED) is 0.177. The maximum absolute atomic E-state index is 11.7. The maximum atomic E-state index is 11.7. The average Bonchev–Trinajstić information content (AvgIpc) is 2.48. The smallest absolute Gasteiger partial charge is 0.308 e. The van der Waals surface area contributed by atoms with Crippen molar-refractivity contribution in [2.75, 3.05) is 12.3 Å². The van der Waals surface area contributed by atoms with E-state index in [0.29, 0.717) is 18.7 Å². The maximum Gasteiger partial charge on any atom is 0.308 e. The van der Waals surface area contributed by atoms with Crippen molar-refractivity contribution in [3.8, 4) is 0 Å². The lowest BCUT2D eigenvalue weighted by Gasteiger charge is -2.22. The van der Waals surface area contributed by atoms with Crippen molar-refractivity contribution < 1.29 is 19.4 Å². The molecule has 0 radical (unpaired) electrons. The number of hydrogen-bond donors (Lipinski definition) is 1. The molecule has 0 aliphatic rings. The van der Waals surface area contributed by atoms with E-state index in [1.54, 1.807) is 17.7 Å². The van der Waals surface area contributed by atoms with Crippen LogP contribution in [0.1, 0.15) is 60.8 Å². The molecule has 0 saturated carbocycles. The Kier molecular flexibility index (Phi) is 12.3. The molecule has 0 aromatic heterocycles. The summed E-state index contributed by atoms with van der Waals surface area (Å²) in [7, 11) is 3.12. The molecule has 1 atom stereocenters. The molecule has 0 spiro atoms. The average molecular weight is 392 g/mol. The summed E-state index contributed by atoms with van der Waals surface area (Å²) in [4.78, 5) is 24.4. The van der Waals surface area contributed by atoms with Crippen LogP contribution in [-0.4, -0.2) is 45.7 Å². The Balaban J connectivity index is 4.24. The van der Waals surface area contributed by atoms with E-state index >= 15 is 0 Å². The molecule has 1 N–H and O–H groups in total. The Hall–Kier alpha value is -0.660. The first-order valence-electron chi connectivity index (χ1n) is 8.62. The van der Waals surface area contributed by atoms with Crippen molar-refractivity contribution in [2.24, 2.45) is 5.92 Å². The minimum Gasteiger partial charge on any atom is -0.460 e. The van der Waals surface area contributed by atoms with Gasteiger partial charge in [-0.05, 0) is 40.0 Å².